The molecule has 1 heterocycles. The molecule has 1 saturated heterocycles. The van der Waals surface area contributed by atoms with Gasteiger partial charge < -0.3 is 20.1 Å². The van der Waals surface area contributed by atoms with Gasteiger partial charge in [-0.05, 0) is 43.7 Å². The summed E-state index contributed by atoms with van der Waals surface area (Å²) in [6.07, 6.45) is 6.88. The Balaban J connectivity index is 1.73. The zero-order chi connectivity index (χ0) is 24.2. The number of likely N-dealkylation sites (tertiary alicyclic amines) is 1. The first-order chi connectivity index (χ1) is 15.6. The Morgan fingerprint density at radius 2 is 2.03 bits per heavy atom. The van der Waals surface area contributed by atoms with Crippen LogP contribution in [-0.2, 0) is 4.74 Å². The number of aryl methyl sites for hydroxylation is 1. The summed E-state index contributed by atoms with van der Waals surface area (Å²) in [5, 5.41) is 13.6. The number of rotatable bonds is 8. The standard InChI is InChI=1S/C25H27F2N2O3P/c1-4-5-6-7-17(3)32-15-25(31)13-29(14-25)24(30)18-9-11-21(33)22(27)23(18)28-20-10-8-16(2)12-19(20)26/h4-12,28,31H,1,13-15,33H2,2-3H3/b6-5-,17-7+. The largest absolute Gasteiger partial charge is 0.495 e. The van der Waals surface area contributed by atoms with Crippen molar-refractivity contribution in [3.05, 3.63) is 89.7 Å². The second-order valence-electron chi connectivity index (χ2n) is 8.07. The smallest absolute Gasteiger partial charge is 0.256 e. The highest BCUT2D eigenvalue weighted by Gasteiger charge is 2.45. The van der Waals surface area contributed by atoms with Crippen LogP contribution in [0, 0.1) is 18.6 Å². The van der Waals surface area contributed by atoms with Gasteiger partial charge >= 0.3 is 0 Å². The van der Waals surface area contributed by atoms with E-state index in [9.17, 15) is 18.7 Å². The normalized spacial score (nSPS) is 15.3. The quantitative estimate of drug-likeness (QED) is 0.340. The van der Waals surface area contributed by atoms with E-state index in [0.29, 0.717) is 5.76 Å². The van der Waals surface area contributed by atoms with Gasteiger partial charge in [0.25, 0.3) is 5.91 Å². The molecule has 8 heteroatoms. The van der Waals surface area contributed by atoms with E-state index in [0.717, 1.165) is 5.56 Å². The lowest BCUT2D eigenvalue weighted by molar-refractivity contribution is -0.115. The molecule has 1 aliphatic heterocycles. The second-order valence-corrected chi connectivity index (χ2v) is 8.69. The maximum absolute atomic E-state index is 14.9. The third-order valence-corrected chi connectivity index (χ3v) is 5.64. The van der Waals surface area contributed by atoms with Crippen LogP contribution in [0.25, 0.3) is 0 Å². The molecule has 0 aliphatic carbocycles. The zero-order valence-electron chi connectivity index (χ0n) is 18.6. The van der Waals surface area contributed by atoms with Gasteiger partial charge in [0.1, 0.15) is 18.0 Å². The average molecular weight is 472 g/mol. The Bertz CT molecular complexity index is 1120. The number of allylic oxidation sites excluding steroid dienone is 5. The molecule has 1 unspecified atom stereocenters. The van der Waals surface area contributed by atoms with Crippen LogP contribution < -0.4 is 10.6 Å². The number of anilines is 2. The van der Waals surface area contributed by atoms with Gasteiger partial charge in [0, 0.05) is 5.30 Å². The first kappa shape index (κ1) is 24.6. The van der Waals surface area contributed by atoms with Crippen molar-refractivity contribution >= 4 is 31.8 Å². The fraction of sp³-hybridized carbons (Fsp3) is 0.240. The van der Waals surface area contributed by atoms with Crippen LogP contribution in [-0.4, -0.2) is 41.2 Å². The van der Waals surface area contributed by atoms with Gasteiger partial charge in [-0.1, -0.05) is 36.9 Å². The van der Waals surface area contributed by atoms with E-state index < -0.39 is 23.1 Å². The molecule has 33 heavy (non-hydrogen) atoms. The van der Waals surface area contributed by atoms with E-state index in [1.54, 1.807) is 44.2 Å². The molecule has 1 aliphatic rings. The number of carbonyl (C=O) groups is 1. The summed E-state index contributed by atoms with van der Waals surface area (Å²) in [5.41, 5.74) is -0.492. The SMILES string of the molecule is C=C/C=C\C=C(/C)OCC1(O)CN(C(=O)c2ccc(P)c(F)c2Nc2ccc(C)cc2F)C1. The lowest BCUT2D eigenvalue weighted by atomic mass is 9.94. The molecule has 1 atom stereocenters. The maximum atomic E-state index is 14.9. The monoisotopic (exact) mass is 472 g/mol. The number of aliphatic hydroxyl groups is 1. The Hall–Kier alpha value is -3.02. The lowest BCUT2D eigenvalue weighted by Crippen LogP contribution is -2.65. The predicted molar refractivity (Wildman–Crippen MR) is 130 cm³/mol. The van der Waals surface area contributed by atoms with Crippen LogP contribution >= 0.6 is 9.24 Å². The van der Waals surface area contributed by atoms with Gasteiger partial charge in [0.05, 0.1) is 35.8 Å². The fourth-order valence-corrected chi connectivity index (χ4v) is 3.62. The van der Waals surface area contributed by atoms with E-state index in [1.165, 1.54) is 29.2 Å². The number of ether oxygens (including phenoxy) is 1. The van der Waals surface area contributed by atoms with E-state index in [2.05, 4.69) is 21.1 Å². The van der Waals surface area contributed by atoms with Crippen molar-refractivity contribution in [3.63, 3.8) is 0 Å². The van der Waals surface area contributed by atoms with Crippen LogP contribution in [0.15, 0.2) is 67.0 Å². The van der Waals surface area contributed by atoms with E-state index >= 15 is 0 Å². The third-order valence-electron chi connectivity index (χ3n) is 5.19. The molecule has 1 amide bonds. The summed E-state index contributed by atoms with van der Waals surface area (Å²) < 4.78 is 34.8. The minimum atomic E-state index is -1.21. The number of hydrogen-bond donors (Lipinski definition) is 2. The first-order valence-electron chi connectivity index (χ1n) is 10.3. The van der Waals surface area contributed by atoms with E-state index in [-0.39, 0.29) is 41.9 Å². The number of amides is 1. The lowest BCUT2D eigenvalue weighted by Gasteiger charge is -2.46. The van der Waals surface area contributed by atoms with Crippen molar-refractivity contribution in [2.75, 3.05) is 25.0 Å². The molecule has 5 nitrogen and oxygen atoms in total. The predicted octanol–water partition coefficient (Wildman–Crippen LogP) is 4.37. The Kier molecular flexibility index (Phi) is 7.67. The molecule has 0 radical (unpaired) electrons. The summed E-state index contributed by atoms with van der Waals surface area (Å²) in [4.78, 5) is 14.5. The number of β-amino-alcohol motifs (C(OH)–C–C–N with tert-alkyl or cyclic N) is 1. The van der Waals surface area contributed by atoms with Gasteiger partial charge in [-0.25, -0.2) is 8.78 Å². The highest BCUT2D eigenvalue weighted by molar-refractivity contribution is 7.27. The molecule has 0 bridgehead atoms. The van der Waals surface area contributed by atoms with Gasteiger partial charge in [-0.15, -0.1) is 9.24 Å². The first-order valence-corrected chi connectivity index (χ1v) is 10.9. The number of halogens is 2. The summed E-state index contributed by atoms with van der Waals surface area (Å²) in [5.74, 6) is -1.09. The minimum absolute atomic E-state index is 0.0135. The number of hydrogen-bond acceptors (Lipinski definition) is 4. The van der Waals surface area contributed by atoms with Crippen molar-refractivity contribution < 1.29 is 23.4 Å². The molecule has 3 rings (SSSR count). The van der Waals surface area contributed by atoms with Crippen molar-refractivity contribution in [1.29, 1.82) is 0 Å². The van der Waals surface area contributed by atoms with Gasteiger partial charge in [-0.2, -0.15) is 0 Å². The van der Waals surface area contributed by atoms with Crippen molar-refractivity contribution in [2.24, 2.45) is 0 Å². The van der Waals surface area contributed by atoms with Crippen molar-refractivity contribution in [3.8, 4) is 0 Å². The Morgan fingerprint density at radius 1 is 1.30 bits per heavy atom. The number of benzene rings is 2. The zero-order valence-corrected chi connectivity index (χ0v) is 19.7. The summed E-state index contributed by atoms with van der Waals surface area (Å²) >= 11 is 0. The van der Waals surface area contributed by atoms with Gasteiger partial charge in [0.2, 0.25) is 0 Å². The number of carbonyl (C=O) groups excluding carboxylic acids is 1. The number of nitrogens with one attached hydrogen (secondary N) is 1. The van der Waals surface area contributed by atoms with Crippen molar-refractivity contribution in [1.82, 2.24) is 4.90 Å². The van der Waals surface area contributed by atoms with E-state index in [4.69, 9.17) is 4.74 Å². The molecule has 2 aromatic rings. The van der Waals surface area contributed by atoms with Gasteiger partial charge in [0.15, 0.2) is 5.82 Å². The molecular formula is C25H27F2N2O3P. The van der Waals surface area contributed by atoms with Crippen LogP contribution in [0.3, 0.4) is 0 Å². The Morgan fingerprint density at radius 3 is 2.70 bits per heavy atom. The highest BCUT2D eigenvalue weighted by atomic mass is 31.0. The Labute approximate surface area is 194 Å². The van der Waals surface area contributed by atoms with Crippen LogP contribution in [0.2, 0.25) is 0 Å². The average Bonchev–Trinajstić information content (AvgIpc) is 2.75. The third kappa shape index (κ3) is 5.86. The molecule has 174 valence electrons. The highest BCUT2D eigenvalue weighted by Crippen LogP contribution is 2.30. The van der Waals surface area contributed by atoms with Gasteiger partial charge in [-0.3, -0.25) is 4.79 Å². The van der Waals surface area contributed by atoms with E-state index in [1.807, 2.05) is 0 Å². The molecular weight excluding hydrogens is 445 g/mol. The number of nitrogens with zero attached hydrogens (tertiary/aromatic N) is 1. The van der Waals surface area contributed by atoms with Crippen LogP contribution in [0.1, 0.15) is 22.8 Å². The summed E-state index contributed by atoms with van der Waals surface area (Å²) in [7, 11) is 2.25. The van der Waals surface area contributed by atoms with Crippen molar-refractivity contribution in [2.45, 2.75) is 19.4 Å². The molecule has 1 fully saturated rings. The van der Waals surface area contributed by atoms with Crippen LogP contribution in [0.4, 0.5) is 20.2 Å². The molecule has 2 N–H and O–H groups in total. The second kappa shape index (κ2) is 10.3. The minimum Gasteiger partial charge on any atom is -0.495 e. The summed E-state index contributed by atoms with van der Waals surface area (Å²) in [6, 6.07) is 7.45. The maximum Gasteiger partial charge on any atom is 0.256 e. The molecule has 2 aromatic carbocycles. The summed E-state index contributed by atoms with van der Waals surface area (Å²) in [6.45, 7) is 7.16. The van der Waals surface area contributed by atoms with Crippen LogP contribution in [0.5, 0.6) is 0 Å². The fourth-order valence-electron chi connectivity index (χ4n) is 3.38. The topological polar surface area (TPSA) is 61.8 Å². The molecule has 0 aromatic heterocycles. The molecule has 0 spiro atoms. The molecule has 0 saturated carbocycles.